The number of pyridine rings is 1. The van der Waals surface area contributed by atoms with Crippen LogP contribution in [0.3, 0.4) is 0 Å². The van der Waals surface area contributed by atoms with Crippen molar-refractivity contribution in [3.63, 3.8) is 0 Å². The molecule has 3 nitrogen and oxygen atoms in total. The van der Waals surface area contributed by atoms with Crippen LogP contribution in [-0.4, -0.2) is 24.8 Å². The standard InChI is InChI=1S/C9H12ClNO2/c1-2-12-6-7-13-9-5-3-4-8(10)11-9/h3-5H,2,6-7H2,1H3. The van der Waals surface area contributed by atoms with Crippen molar-refractivity contribution in [2.75, 3.05) is 19.8 Å². The first-order valence-corrected chi connectivity index (χ1v) is 4.54. The Morgan fingerprint density at radius 1 is 1.38 bits per heavy atom. The molecule has 0 saturated heterocycles. The summed E-state index contributed by atoms with van der Waals surface area (Å²) in [5.74, 6) is 0.534. The Kier molecular flexibility index (Phi) is 4.57. The Morgan fingerprint density at radius 3 is 2.92 bits per heavy atom. The summed E-state index contributed by atoms with van der Waals surface area (Å²) in [5, 5.41) is 0.439. The van der Waals surface area contributed by atoms with E-state index in [2.05, 4.69) is 4.98 Å². The van der Waals surface area contributed by atoms with Gasteiger partial charge < -0.3 is 9.47 Å². The van der Waals surface area contributed by atoms with Gasteiger partial charge in [0, 0.05) is 12.7 Å². The highest BCUT2D eigenvalue weighted by Crippen LogP contribution is 2.10. The van der Waals surface area contributed by atoms with Crippen LogP contribution < -0.4 is 4.74 Å². The normalized spacial score (nSPS) is 10.0. The maximum absolute atomic E-state index is 5.66. The molecule has 0 spiro atoms. The highest BCUT2D eigenvalue weighted by molar-refractivity contribution is 6.29. The van der Waals surface area contributed by atoms with E-state index in [-0.39, 0.29) is 0 Å². The van der Waals surface area contributed by atoms with Gasteiger partial charge in [-0.05, 0) is 13.0 Å². The van der Waals surface area contributed by atoms with Crippen LogP contribution in [-0.2, 0) is 4.74 Å². The smallest absolute Gasteiger partial charge is 0.214 e. The van der Waals surface area contributed by atoms with E-state index in [1.807, 2.05) is 6.92 Å². The maximum Gasteiger partial charge on any atom is 0.214 e. The van der Waals surface area contributed by atoms with E-state index in [4.69, 9.17) is 21.1 Å². The second kappa shape index (κ2) is 5.78. The van der Waals surface area contributed by atoms with Gasteiger partial charge in [0.15, 0.2) is 0 Å². The van der Waals surface area contributed by atoms with Gasteiger partial charge in [0.05, 0.1) is 6.61 Å². The lowest BCUT2D eigenvalue weighted by molar-refractivity contribution is 0.108. The molecule has 0 radical (unpaired) electrons. The minimum Gasteiger partial charge on any atom is -0.475 e. The van der Waals surface area contributed by atoms with E-state index in [1.54, 1.807) is 18.2 Å². The van der Waals surface area contributed by atoms with E-state index in [0.29, 0.717) is 30.9 Å². The molecule has 4 heteroatoms. The summed E-state index contributed by atoms with van der Waals surface area (Å²) in [5.41, 5.74) is 0. The Labute approximate surface area is 82.6 Å². The molecule has 72 valence electrons. The summed E-state index contributed by atoms with van der Waals surface area (Å²) < 4.78 is 10.4. The molecule has 0 N–H and O–H groups in total. The van der Waals surface area contributed by atoms with Crippen molar-refractivity contribution >= 4 is 11.6 Å². The number of rotatable bonds is 5. The Hall–Kier alpha value is -0.800. The van der Waals surface area contributed by atoms with Crippen molar-refractivity contribution in [2.24, 2.45) is 0 Å². The minimum atomic E-state index is 0.439. The van der Waals surface area contributed by atoms with Crippen molar-refractivity contribution in [1.82, 2.24) is 4.98 Å². The van der Waals surface area contributed by atoms with Crippen molar-refractivity contribution in [3.05, 3.63) is 23.4 Å². The number of hydrogen-bond acceptors (Lipinski definition) is 3. The summed E-state index contributed by atoms with van der Waals surface area (Å²) in [7, 11) is 0. The summed E-state index contributed by atoms with van der Waals surface area (Å²) in [6.07, 6.45) is 0. The van der Waals surface area contributed by atoms with E-state index < -0.39 is 0 Å². The number of aromatic nitrogens is 1. The molecule has 0 aromatic carbocycles. The van der Waals surface area contributed by atoms with Crippen LogP contribution in [0.1, 0.15) is 6.92 Å². The average molecular weight is 202 g/mol. The lowest BCUT2D eigenvalue weighted by atomic mass is 10.5. The molecule has 0 aliphatic rings. The van der Waals surface area contributed by atoms with Gasteiger partial charge in [0.2, 0.25) is 5.88 Å². The lowest BCUT2D eigenvalue weighted by Gasteiger charge is -2.04. The first-order chi connectivity index (χ1) is 6.33. The molecule has 0 unspecified atom stereocenters. The Bertz CT molecular complexity index is 255. The van der Waals surface area contributed by atoms with E-state index in [1.165, 1.54) is 0 Å². The first kappa shape index (κ1) is 10.3. The van der Waals surface area contributed by atoms with E-state index in [0.717, 1.165) is 0 Å². The monoisotopic (exact) mass is 201 g/mol. The quantitative estimate of drug-likeness (QED) is 0.541. The van der Waals surface area contributed by atoms with Crippen molar-refractivity contribution in [1.29, 1.82) is 0 Å². The van der Waals surface area contributed by atoms with Crippen molar-refractivity contribution < 1.29 is 9.47 Å². The van der Waals surface area contributed by atoms with Gasteiger partial charge in [-0.3, -0.25) is 0 Å². The molecular weight excluding hydrogens is 190 g/mol. The van der Waals surface area contributed by atoms with Crippen molar-refractivity contribution in [3.8, 4) is 5.88 Å². The zero-order valence-corrected chi connectivity index (χ0v) is 8.25. The van der Waals surface area contributed by atoms with Gasteiger partial charge in [-0.25, -0.2) is 4.98 Å². The second-order valence-electron chi connectivity index (χ2n) is 2.34. The third-order valence-corrected chi connectivity index (χ3v) is 1.58. The fraction of sp³-hybridized carbons (Fsp3) is 0.444. The molecule has 0 amide bonds. The van der Waals surface area contributed by atoms with Crippen LogP contribution in [0, 0.1) is 0 Å². The van der Waals surface area contributed by atoms with E-state index in [9.17, 15) is 0 Å². The molecule has 0 atom stereocenters. The molecule has 0 saturated carbocycles. The summed E-state index contributed by atoms with van der Waals surface area (Å²) in [4.78, 5) is 3.96. The minimum absolute atomic E-state index is 0.439. The molecule has 1 rings (SSSR count). The van der Waals surface area contributed by atoms with E-state index >= 15 is 0 Å². The second-order valence-corrected chi connectivity index (χ2v) is 2.73. The molecule has 0 aliphatic carbocycles. The highest BCUT2D eigenvalue weighted by Gasteiger charge is 1.95. The number of nitrogens with zero attached hydrogens (tertiary/aromatic N) is 1. The number of ether oxygens (including phenoxy) is 2. The zero-order valence-electron chi connectivity index (χ0n) is 7.50. The molecular formula is C9H12ClNO2. The molecule has 0 fully saturated rings. The maximum atomic E-state index is 5.66. The fourth-order valence-electron chi connectivity index (χ4n) is 0.820. The average Bonchev–Trinajstić information content (AvgIpc) is 2.13. The largest absolute Gasteiger partial charge is 0.475 e. The van der Waals surface area contributed by atoms with Crippen LogP contribution in [0.25, 0.3) is 0 Å². The van der Waals surface area contributed by atoms with Gasteiger partial charge >= 0.3 is 0 Å². The van der Waals surface area contributed by atoms with Crippen LogP contribution in [0.15, 0.2) is 18.2 Å². The highest BCUT2D eigenvalue weighted by atomic mass is 35.5. The third kappa shape index (κ3) is 4.10. The van der Waals surface area contributed by atoms with Gasteiger partial charge in [0.25, 0.3) is 0 Å². The zero-order chi connectivity index (χ0) is 9.52. The predicted molar refractivity (Wildman–Crippen MR) is 51.2 cm³/mol. The van der Waals surface area contributed by atoms with Gasteiger partial charge in [-0.15, -0.1) is 0 Å². The topological polar surface area (TPSA) is 31.4 Å². The summed E-state index contributed by atoms with van der Waals surface area (Å²) in [6.45, 7) is 3.72. The molecule has 1 aromatic rings. The molecule has 0 aliphatic heterocycles. The lowest BCUT2D eigenvalue weighted by Crippen LogP contribution is -2.06. The number of halogens is 1. The van der Waals surface area contributed by atoms with Crippen LogP contribution >= 0.6 is 11.6 Å². The Morgan fingerprint density at radius 2 is 2.23 bits per heavy atom. The third-order valence-electron chi connectivity index (χ3n) is 1.37. The molecule has 1 heterocycles. The predicted octanol–water partition coefficient (Wildman–Crippen LogP) is 2.15. The number of hydrogen-bond donors (Lipinski definition) is 0. The van der Waals surface area contributed by atoms with Crippen LogP contribution in [0.5, 0.6) is 5.88 Å². The summed E-state index contributed by atoms with van der Waals surface area (Å²) in [6, 6.07) is 5.26. The summed E-state index contributed by atoms with van der Waals surface area (Å²) >= 11 is 5.66. The molecule has 1 aromatic heterocycles. The van der Waals surface area contributed by atoms with Gasteiger partial charge in [-0.2, -0.15) is 0 Å². The SMILES string of the molecule is CCOCCOc1cccc(Cl)n1. The van der Waals surface area contributed by atoms with Crippen LogP contribution in [0.4, 0.5) is 0 Å². The van der Waals surface area contributed by atoms with Gasteiger partial charge in [0.1, 0.15) is 11.8 Å². The Balaban J connectivity index is 2.28. The first-order valence-electron chi connectivity index (χ1n) is 4.16. The molecule has 13 heavy (non-hydrogen) atoms. The van der Waals surface area contributed by atoms with Gasteiger partial charge in [-0.1, -0.05) is 17.7 Å². The fourth-order valence-corrected chi connectivity index (χ4v) is 0.976. The molecule has 0 bridgehead atoms. The van der Waals surface area contributed by atoms with Crippen molar-refractivity contribution in [2.45, 2.75) is 6.92 Å². The van der Waals surface area contributed by atoms with Crippen LogP contribution in [0.2, 0.25) is 5.15 Å².